The Hall–Kier alpha value is -2.77. The van der Waals surface area contributed by atoms with E-state index in [0.29, 0.717) is 23.2 Å². The van der Waals surface area contributed by atoms with Crippen LogP contribution in [0.25, 0.3) is 22.2 Å². The number of aromatic nitrogens is 6. The molecular weight excluding hydrogens is 376 g/mol. The van der Waals surface area contributed by atoms with Gasteiger partial charge in [0.1, 0.15) is 5.82 Å². The summed E-state index contributed by atoms with van der Waals surface area (Å²) in [7, 11) is 0. The van der Waals surface area contributed by atoms with Crippen LogP contribution in [0, 0.1) is 0 Å². The Labute approximate surface area is 167 Å². The van der Waals surface area contributed by atoms with Crippen molar-refractivity contribution < 1.29 is 5.11 Å². The number of aliphatic hydroxyl groups is 1. The number of aromatic amines is 1. The molecule has 0 aliphatic rings. The lowest BCUT2D eigenvalue weighted by molar-refractivity contribution is 0.271. The predicted octanol–water partition coefficient (Wildman–Crippen LogP) is 3.75. The highest BCUT2D eigenvalue weighted by Crippen LogP contribution is 2.29. The Bertz CT molecular complexity index is 1090. The zero-order chi connectivity index (χ0) is 19.5. The van der Waals surface area contributed by atoms with E-state index in [2.05, 4.69) is 50.7 Å². The molecule has 0 atom stereocenters. The molecular formula is C20H21ClN6O. The third-order valence-corrected chi connectivity index (χ3v) is 5.24. The van der Waals surface area contributed by atoms with E-state index in [1.807, 2.05) is 22.8 Å². The normalized spacial score (nSPS) is 11.4. The Morgan fingerprint density at radius 1 is 1.14 bits per heavy atom. The molecule has 0 saturated carbocycles. The zero-order valence-electron chi connectivity index (χ0n) is 15.6. The maximum atomic E-state index is 9.83. The Morgan fingerprint density at radius 3 is 2.71 bits per heavy atom. The number of tetrazole rings is 1. The minimum absolute atomic E-state index is 0.142. The summed E-state index contributed by atoms with van der Waals surface area (Å²) in [6, 6.07) is 12.2. The quantitative estimate of drug-likeness (QED) is 0.496. The largest absolute Gasteiger partial charge is 0.390 e. The van der Waals surface area contributed by atoms with Gasteiger partial charge >= 0.3 is 0 Å². The van der Waals surface area contributed by atoms with Crippen LogP contribution in [0.2, 0.25) is 5.15 Å². The van der Waals surface area contributed by atoms with Crippen molar-refractivity contribution in [2.24, 2.45) is 0 Å². The Balaban J connectivity index is 1.80. The highest BCUT2D eigenvalue weighted by molar-refractivity contribution is 6.30. The van der Waals surface area contributed by atoms with Crippen LogP contribution in [0.4, 0.5) is 0 Å². The molecule has 0 unspecified atom stereocenters. The minimum atomic E-state index is -0.142. The summed E-state index contributed by atoms with van der Waals surface area (Å²) in [6.45, 7) is 2.59. The van der Waals surface area contributed by atoms with Crippen LogP contribution < -0.4 is 0 Å². The maximum Gasteiger partial charge on any atom is 0.205 e. The fourth-order valence-corrected chi connectivity index (χ4v) is 3.78. The van der Waals surface area contributed by atoms with E-state index >= 15 is 0 Å². The van der Waals surface area contributed by atoms with E-state index in [1.165, 1.54) is 0 Å². The number of halogens is 1. The molecule has 0 fully saturated rings. The van der Waals surface area contributed by atoms with Gasteiger partial charge in [-0.15, -0.1) is 10.2 Å². The second-order valence-corrected chi connectivity index (χ2v) is 7.02. The van der Waals surface area contributed by atoms with Crippen LogP contribution in [0.5, 0.6) is 0 Å². The molecule has 0 radical (unpaired) electrons. The summed E-state index contributed by atoms with van der Waals surface area (Å²) in [6.07, 6.45) is 2.92. The predicted molar refractivity (Wildman–Crippen MR) is 108 cm³/mol. The van der Waals surface area contributed by atoms with Crippen LogP contribution in [0.1, 0.15) is 36.8 Å². The number of unbranched alkanes of at least 4 members (excludes halogenated alkanes) is 1. The third-order valence-electron chi connectivity index (χ3n) is 4.93. The molecule has 144 valence electrons. The van der Waals surface area contributed by atoms with Crippen LogP contribution >= 0.6 is 11.6 Å². The van der Waals surface area contributed by atoms with E-state index in [-0.39, 0.29) is 6.61 Å². The van der Waals surface area contributed by atoms with Gasteiger partial charge in [-0.25, -0.2) is 4.98 Å². The molecule has 2 N–H and O–H groups in total. The van der Waals surface area contributed by atoms with Crippen LogP contribution in [-0.2, 0) is 19.6 Å². The smallest absolute Gasteiger partial charge is 0.205 e. The van der Waals surface area contributed by atoms with Crippen molar-refractivity contribution >= 4 is 22.4 Å². The maximum absolute atomic E-state index is 9.83. The first-order valence-corrected chi connectivity index (χ1v) is 9.69. The summed E-state index contributed by atoms with van der Waals surface area (Å²) >= 11 is 6.29. The second kappa shape index (κ2) is 8.08. The lowest BCUT2D eigenvalue weighted by Crippen LogP contribution is -2.09. The first kappa shape index (κ1) is 18.6. The molecule has 0 spiro atoms. The van der Waals surface area contributed by atoms with Crippen molar-refractivity contribution in [3.63, 3.8) is 0 Å². The number of imidazole rings is 1. The van der Waals surface area contributed by atoms with Gasteiger partial charge in [0.15, 0.2) is 5.15 Å². The van der Waals surface area contributed by atoms with Gasteiger partial charge in [0, 0.05) is 18.5 Å². The molecule has 0 bridgehead atoms. The number of benzene rings is 2. The Kier molecular flexibility index (Phi) is 5.36. The molecule has 0 aliphatic heterocycles. The lowest BCUT2D eigenvalue weighted by atomic mass is 9.99. The van der Waals surface area contributed by atoms with Gasteiger partial charge in [-0.2, -0.15) is 5.21 Å². The molecule has 2 aromatic heterocycles. The van der Waals surface area contributed by atoms with Crippen molar-refractivity contribution in [1.29, 1.82) is 0 Å². The van der Waals surface area contributed by atoms with Crippen LogP contribution in [0.15, 0.2) is 36.4 Å². The first-order valence-electron chi connectivity index (χ1n) is 9.32. The van der Waals surface area contributed by atoms with Gasteiger partial charge in [0.05, 0.1) is 12.3 Å². The van der Waals surface area contributed by atoms with E-state index in [0.717, 1.165) is 47.0 Å². The molecule has 8 heteroatoms. The summed E-state index contributed by atoms with van der Waals surface area (Å²) in [5.74, 6) is 1.47. The fraction of sp³-hybridized carbons (Fsp3) is 0.300. The molecule has 7 nitrogen and oxygen atoms in total. The summed E-state index contributed by atoms with van der Waals surface area (Å²) in [5.41, 5.74) is 2.69. The highest BCUT2D eigenvalue weighted by Gasteiger charge is 2.17. The van der Waals surface area contributed by atoms with Gasteiger partial charge in [-0.3, -0.25) is 0 Å². The van der Waals surface area contributed by atoms with Gasteiger partial charge < -0.3 is 9.67 Å². The fourth-order valence-electron chi connectivity index (χ4n) is 3.52. The van der Waals surface area contributed by atoms with Crippen LogP contribution in [-0.4, -0.2) is 35.3 Å². The van der Waals surface area contributed by atoms with E-state index in [9.17, 15) is 5.11 Å². The third kappa shape index (κ3) is 3.39. The van der Waals surface area contributed by atoms with Gasteiger partial charge in [-0.1, -0.05) is 61.3 Å². The lowest BCUT2D eigenvalue weighted by Gasteiger charge is -2.14. The standard InChI is InChI=1S/C20H21ClN6O/c1-2-3-10-18-22-19(21)17(12-28)27(18)11-13-6-4-8-15-14(13)7-5-9-16(15)20-23-25-26-24-20/h4-9,28H,2-3,10-12H2,1H3,(H,23,24,25,26). The van der Waals surface area contributed by atoms with E-state index < -0.39 is 0 Å². The van der Waals surface area contributed by atoms with Crippen molar-refractivity contribution in [2.75, 3.05) is 0 Å². The number of aliphatic hydroxyl groups excluding tert-OH is 1. The van der Waals surface area contributed by atoms with Crippen molar-refractivity contribution in [3.8, 4) is 11.4 Å². The topological polar surface area (TPSA) is 92.5 Å². The number of hydrogen-bond donors (Lipinski definition) is 2. The monoisotopic (exact) mass is 396 g/mol. The molecule has 0 amide bonds. The van der Waals surface area contributed by atoms with Crippen molar-refractivity contribution in [1.82, 2.24) is 30.2 Å². The number of nitrogens with one attached hydrogen (secondary N) is 1. The van der Waals surface area contributed by atoms with Crippen molar-refractivity contribution in [3.05, 3.63) is 58.6 Å². The van der Waals surface area contributed by atoms with Gasteiger partial charge in [0.25, 0.3) is 0 Å². The number of hydrogen-bond acceptors (Lipinski definition) is 5. The van der Waals surface area contributed by atoms with E-state index in [4.69, 9.17) is 11.6 Å². The summed E-state index contributed by atoms with van der Waals surface area (Å²) in [5, 5.41) is 26.8. The summed E-state index contributed by atoms with van der Waals surface area (Å²) < 4.78 is 2.04. The average Bonchev–Trinajstić information content (AvgIpc) is 3.34. The number of fused-ring (bicyclic) bond motifs is 1. The SMILES string of the molecule is CCCCc1nc(Cl)c(CO)n1Cc1cccc2c(-c3nn[nH]n3)cccc12. The molecule has 2 heterocycles. The number of rotatable bonds is 7. The minimum Gasteiger partial charge on any atom is -0.390 e. The van der Waals surface area contributed by atoms with Gasteiger partial charge in [-0.05, 0) is 28.0 Å². The van der Waals surface area contributed by atoms with Crippen molar-refractivity contribution in [2.45, 2.75) is 39.3 Å². The molecule has 28 heavy (non-hydrogen) atoms. The molecule has 0 aliphatic carbocycles. The zero-order valence-corrected chi connectivity index (χ0v) is 16.3. The first-order chi connectivity index (χ1) is 13.7. The molecule has 4 rings (SSSR count). The number of nitrogens with zero attached hydrogens (tertiary/aromatic N) is 5. The average molecular weight is 397 g/mol. The van der Waals surface area contributed by atoms with Gasteiger partial charge in [0.2, 0.25) is 5.82 Å². The highest BCUT2D eigenvalue weighted by atomic mass is 35.5. The number of H-pyrrole nitrogens is 1. The van der Waals surface area contributed by atoms with E-state index in [1.54, 1.807) is 0 Å². The number of aryl methyl sites for hydroxylation is 1. The molecule has 4 aromatic rings. The Morgan fingerprint density at radius 2 is 1.96 bits per heavy atom. The second-order valence-electron chi connectivity index (χ2n) is 6.67. The molecule has 2 aromatic carbocycles. The van der Waals surface area contributed by atoms with Crippen LogP contribution in [0.3, 0.4) is 0 Å². The molecule has 0 saturated heterocycles. The summed E-state index contributed by atoms with van der Waals surface area (Å²) in [4.78, 5) is 4.49.